The summed E-state index contributed by atoms with van der Waals surface area (Å²) in [5.41, 5.74) is 9.88. The van der Waals surface area contributed by atoms with Crippen LogP contribution in [0.5, 0.6) is 0 Å². The maximum Gasteiger partial charge on any atom is 0.126 e. The lowest BCUT2D eigenvalue weighted by Crippen LogP contribution is -2.28. The minimum Gasteiger partial charge on any atom is -0.327 e. The zero-order valence-corrected chi connectivity index (χ0v) is 15.0. The van der Waals surface area contributed by atoms with Gasteiger partial charge in [0.1, 0.15) is 11.6 Å². The Labute approximate surface area is 158 Å². The fourth-order valence-electron chi connectivity index (χ4n) is 3.03. The number of aromatic nitrogens is 1. The van der Waals surface area contributed by atoms with E-state index in [-0.39, 0.29) is 6.04 Å². The molecule has 0 spiro atoms. The van der Waals surface area contributed by atoms with Gasteiger partial charge in [0.25, 0.3) is 0 Å². The molecule has 1 heterocycles. The van der Waals surface area contributed by atoms with E-state index >= 15 is 0 Å². The lowest BCUT2D eigenvalue weighted by atomic mass is 10.0. The van der Waals surface area contributed by atoms with E-state index in [1.165, 1.54) is 17.7 Å². The standard InChI is InChI=1S/C22H23F2N3/c23-19-11-17(12-20(24)14-19)13-21(25)7-9-26-15-16-4-3-5-18(10-16)22-6-1-2-8-27-22/h1-6,8,10-12,14,21,26H,7,9,13,15,25H2/t21-/m0/s1. The second kappa shape index (κ2) is 9.35. The van der Waals surface area contributed by atoms with Crippen LogP contribution in [-0.2, 0) is 13.0 Å². The Morgan fingerprint density at radius 1 is 0.926 bits per heavy atom. The van der Waals surface area contributed by atoms with Crippen LogP contribution in [0, 0.1) is 11.6 Å². The predicted molar refractivity (Wildman–Crippen MR) is 104 cm³/mol. The van der Waals surface area contributed by atoms with Crippen molar-refractivity contribution in [2.75, 3.05) is 6.54 Å². The molecule has 3 N–H and O–H groups in total. The molecule has 140 valence electrons. The first-order valence-corrected chi connectivity index (χ1v) is 9.02. The molecular formula is C22H23F2N3. The van der Waals surface area contributed by atoms with E-state index in [1.807, 2.05) is 30.3 Å². The molecule has 1 aromatic heterocycles. The number of benzene rings is 2. The van der Waals surface area contributed by atoms with Gasteiger partial charge in [-0.15, -0.1) is 0 Å². The molecule has 0 amide bonds. The van der Waals surface area contributed by atoms with Crippen molar-refractivity contribution in [3.05, 3.63) is 89.6 Å². The van der Waals surface area contributed by atoms with Crippen LogP contribution in [0.1, 0.15) is 17.5 Å². The number of nitrogens with zero attached hydrogens (tertiary/aromatic N) is 1. The van der Waals surface area contributed by atoms with E-state index < -0.39 is 11.6 Å². The highest BCUT2D eigenvalue weighted by Gasteiger charge is 2.07. The fraction of sp³-hybridized carbons (Fsp3) is 0.227. The lowest BCUT2D eigenvalue weighted by Gasteiger charge is -2.13. The summed E-state index contributed by atoms with van der Waals surface area (Å²) in [6, 6.07) is 17.5. The highest BCUT2D eigenvalue weighted by Crippen LogP contribution is 2.17. The molecule has 3 aromatic rings. The summed E-state index contributed by atoms with van der Waals surface area (Å²) in [5, 5.41) is 3.37. The van der Waals surface area contributed by atoms with Crippen molar-refractivity contribution in [1.29, 1.82) is 0 Å². The highest BCUT2D eigenvalue weighted by atomic mass is 19.1. The van der Waals surface area contributed by atoms with E-state index in [1.54, 1.807) is 6.20 Å². The second-order valence-corrected chi connectivity index (χ2v) is 6.62. The number of rotatable bonds is 8. The van der Waals surface area contributed by atoms with E-state index in [4.69, 9.17) is 5.73 Å². The zero-order chi connectivity index (χ0) is 19.1. The summed E-state index contributed by atoms with van der Waals surface area (Å²) in [4.78, 5) is 4.37. The van der Waals surface area contributed by atoms with Crippen molar-refractivity contribution < 1.29 is 8.78 Å². The van der Waals surface area contributed by atoms with Crippen molar-refractivity contribution in [2.24, 2.45) is 5.73 Å². The van der Waals surface area contributed by atoms with Gasteiger partial charge in [0, 0.05) is 30.4 Å². The van der Waals surface area contributed by atoms with Crippen LogP contribution in [0.25, 0.3) is 11.3 Å². The second-order valence-electron chi connectivity index (χ2n) is 6.62. The van der Waals surface area contributed by atoms with Gasteiger partial charge in [0.2, 0.25) is 0 Å². The molecule has 0 radical (unpaired) electrons. The van der Waals surface area contributed by atoms with Gasteiger partial charge in [-0.3, -0.25) is 4.98 Å². The summed E-state index contributed by atoms with van der Waals surface area (Å²) in [6.45, 7) is 1.45. The Kier molecular flexibility index (Phi) is 6.63. The molecule has 0 saturated carbocycles. The van der Waals surface area contributed by atoms with Gasteiger partial charge in [0.15, 0.2) is 0 Å². The smallest absolute Gasteiger partial charge is 0.126 e. The van der Waals surface area contributed by atoms with Crippen LogP contribution in [0.4, 0.5) is 8.78 Å². The Morgan fingerprint density at radius 2 is 1.74 bits per heavy atom. The molecule has 1 atom stereocenters. The average molecular weight is 367 g/mol. The predicted octanol–water partition coefficient (Wildman–Crippen LogP) is 4.08. The average Bonchev–Trinajstić information content (AvgIpc) is 2.65. The van der Waals surface area contributed by atoms with Crippen LogP contribution in [-0.4, -0.2) is 17.6 Å². The van der Waals surface area contributed by atoms with E-state index in [9.17, 15) is 8.78 Å². The third kappa shape index (κ3) is 5.94. The first-order chi connectivity index (χ1) is 13.1. The van der Waals surface area contributed by atoms with E-state index in [0.717, 1.165) is 36.8 Å². The fourth-order valence-corrected chi connectivity index (χ4v) is 3.03. The van der Waals surface area contributed by atoms with Crippen LogP contribution < -0.4 is 11.1 Å². The molecule has 0 unspecified atom stereocenters. The van der Waals surface area contributed by atoms with Gasteiger partial charge in [0.05, 0.1) is 5.69 Å². The Hall–Kier alpha value is -2.63. The van der Waals surface area contributed by atoms with Crippen molar-refractivity contribution in [3.63, 3.8) is 0 Å². The van der Waals surface area contributed by atoms with E-state index in [2.05, 4.69) is 22.4 Å². The van der Waals surface area contributed by atoms with E-state index in [0.29, 0.717) is 12.0 Å². The number of hydrogen-bond donors (Lipinski definition) is 2. The van der Waals surface area contributed by atoms with Gasteiger partial charge in [-0.05, 0) is 60.8 Å². The molecule has 0 aliphatic carbocycles. The number of pyridine rings is 1. The van der Waals surface area contributed by atoms with Crippen molar-refractivity contribution in [3.8, 4) is 11.3 Å². The van der Waals surface area contributed by atoms with Crippen molar-refractivity contribution >= 4 is 0 Å². The number of halogens is 2. The molecule has 0 aliphatic heterocycles. The van der Waals surface area contributed by atoms with Gasteiger partial charge in [-0.1, -0.05) is 24.3 Å². The first kappa shape index (κ1) is 19.1. The number of nitrogens with two attached hydrogens (primary N) is 1. The van der Waals surface area contributed by atoms with Gasteiger partial charge in [-0.25, -0.2) is 8.78 Å². The third-order valence-corrected chi connectivity index (χ3v) is 4.33. The Morgan fingerprint density at radius 3 is 2.48 bits per heavy atom. The van der Waals surface area contributed by atoms with Crippen molar-refractivity contribution in [2.45, 2.75) is 25.4 Å². The largest absolute Gasteiger partial charge is 0.327 e. The highest BCUT2D eigenvalue weighted by molar-refractivity contribution is 5.59. The molecule has 0 fully saturated rings. The van der Waals surface area contributed by atoms with Gasteiger partial charge >= 0.3 is 0 Å². The lowest BCUT2D eigenvalue weighted by molar-refractivity contribution is 0.548. The third-order valence-electron chi connectivity index (χ3n) is 4.33. The van der Waals surface area contributed by atoms with Crippen LogP contribution in [0.15, 0.2) is 66.9 Å². The Bertz CT molecular complexity index is 848. The summed E-state index contributed by atoms with van der Waals surface area (Å²) in [6.07, 6.45) is 2.95. The van der Waals surface area contributed by atoms with Crippen LogP contribution in [0.3, 0.4) is 0 Å². The topological polar surface area (TPSA) is 50.9 Å². The minimum atomic E-state index is -0.567. The van der Waals surface area contributed by atoms with Crippen molar-refractivity contribution in [1.82, 2.24) is 10.3 Å². The van der Waals surface area contributed by atoms with Crippen LogP contribution >= 0.6 is 0 Å². The Balaban J connectivity index is 1.46. The molecule has 5 heteroatoms. The summed E-state index contributed by atoms with van der Waals surface area (Å²) >= 11 is 0. The monoisotopic (exact) mass is 367 g/mol. The summed E-state index contributed by atoms with van der Waals surface area (Å²) in [5.74, 6) is -1.13. The van der Waals surface area contributed by atoms with Gasteiger partial charge in [-0.2, -0.15) is 0 Å². The van der Waals surface area contributed by atoms with Gasteiger partial charge < -0.3 is 11.1 Å². The molecule has 2 aromatic carbocycles. The molecule has 3 rings (SSSR count). The maximum absolute atomic E-state index is 13.2. The minimum absolute atomic E-state index is 0.154. The molecule has 27 heavy (non-hydrogen) atoms. The quantitative estimate of drug-likeness (QED) is 0.590. The summed E-state index contributed by atoms with van der Waals surface area (Å²) < 4.78 is 26.5. The van der Waals surface area contributed by atoms with Crippen LogP contribution in [0.2, 0.25) is 0 Å². The number of hydrogen-bond acceptors (Lipinski definition) is 3. The molecule has 0 saturated heterocycles. The molecule has 0 aliphatic rings. The normalized spacial score (nSPS) is 12.1. The molecular weight excluding hydrogens is 344 g/mol. The molecule has 3 nitrogen and oxygen atoms in total. The number of nitrogens with one attached hydrogen (secondary N) is 1. The first-order valence-electron chi connectivity index (χ1n) is 9.02. The SMILES string of the molecule is N[C@@H](CCNCc1cccc(-c2ccccn2)c1)Cc1cc(F)cc(F)c1. The summed E-state index contributed by atoms with van der Waals surface area (Å²) in [7, 11) is 0. The zero-order valence-electron chi connectivity index (χ0n) is 15.0. The molecule has 0 bridgehead atoms. The maximum atomic E-state index is 13.2.